The number of carbonyl (C=O) groups excluding carboxylic acids is 1. The number of pyridine rings is 1. The fraction of sp³-hybridized carbons (Fsp3) is 0.154. The number of hydrogen-bond donors (Lipinski definition) is 1. The van der Waals surface area contributed by atoms with Crippen molar-refractivity contribution < 1.29 is 14.3 Å². The molecule has 0 aliphatic heterocycles. The maximum Gasteiger partial charge on any atom is 0.255 e. The van der Waals surface area contributed by atoms with Crippen molar-refractivity contribution in [2.24, 2.45) is 0 Å². The Morgan fingerprint density at radius 1 is 0.970 bits per heavy atom. The van der Waals surface area contributed by atoms with Gasteiger partial charge in [-0.3, -0.25) is 4.79 Å². The molecule has 4 rings (SSSR count). The topological polar surface area (TPSA) is 86.2 Å². The molecule has 0 saturated carbocycles. The second-order valence-electron chi connectivity index (χ2n) is 7.30. The molecule has 2 heterocycles. The van der Waals surface area contributed by atoms with Crippen molar-refractivity contribution in [1.29, 1.82) is 0 Å². The van der Waals surface area contributed by atoms with Gasteiger partial charge in [-0.05, 0) is 55.0 Å². The van der Waals surface area contributed by atoms with Crippen molar-refractivity contribution in [2.75, 3.05) is 12.4 Å². The highest BCUT2D eigenvalue weighted by Gasteiger charge is 2.15. The van der Waals surface area contributed by atoms with Crippen LogP contribution in [-0.4, -0.2) is 28.0 Å². The van der Waals surface area contributed by atoms with Gasteiger partial charge in [0, 0.05) is 24.4 Å². The Labute approximate surface area is 192 Å². The molecule has 0 saturated heterocycles. The van der Waals surface area contributed by atoms with Crippen LogP contribution in [0, 0.1) is 6.92 Å². The van der Waals surface area contributed by atoms with Gasteiger partial charge in [-0.1, -0.05) is 25.1 Å². The molecule has 33 heavy (non-hydrogen) atoms. The maximum atomic E-state index is 12.9. The number of benzene rings is 2. The number of aromatic nitrogens is 3. The molecular weight excluding hydrogens is 416 g/mol. The van der Waals surface area contributed by atoms with Crippen LogP contribution < -0.4 is 14.8 Å². The van der Waals surface area contributed by atoms with E-state index in [-0.39, 0.29) is 5.91 Å². The van der Waals surface area contributed by atoms with Crippen LogP contribution in [0.4, 0.5) is 5.69 Å². The molecule has 0 spiro atoms. The molecule has 7 heteroatoms. The average Bonchev–Trinajstić information content (AvgIpc) is 2.86. The standard InChI is InChI=1S/C26H24N4O3/c1-4-24-27-15-13-20(29-24)19-8-7-14-28-26(19)33-23-16-18(12-11-17(23)2)25(31)30-21-9-5-6-10-22(21)32-3/h5-16H,4H2,1-3H3,(H,30,31). The van der Waals surface area contributed by atoms with Crippen molar-refractivity contribution >= 4 is 11.6 Å². The first-order valence-corrected chi connectivity index (χ1v) is 10.6. The van der Waals surface area contributed by atoms with Crippen LogP contribution in [0.25, 0.3) is 11.3 Å². The highest BCUT2D eigenvalue weighted by molar-refractivity contribution is 6.05. The molecule has 0 aliphatic rings. The first-order valence-electron chi connectivity index (χ1n) is 10.6. The molecule has 0 unspecified atom stereocenters. The molecule has 2 aromatic heterocycles. The van der Waals surface area contributed by atoms with Crippen LogP contribution in [0.15, 0.2) is 73.1 Å². The summed E-state index contributed by atoms with van der Waals surface area (Å²) in [6.45, 7) is 3.92. The maximum absolute atomic E-state index is 12.9. The number of amides is 1. The number of hydrogen-bond acceptors (Lipinski definition) is 6. The zero-order valence-corrected chi connectivity index (χ0v) is 18.7. The van der Waals surface area contributed by atoms with Gasteiger partial charge in [0.25, 0.3) is 5.91 Å². The Morgan fingerprint density at radius 3 is 2.64 bits per heavy atom. The fourth-order valence-corrected chi connectivity index (χ4v) is 3.28. The Kier molecular flexibility index (Phi) is 6.59. The van der Waals surface area contributed by atoms with Crippen molar-refractivity contribution in [3.8, 4) is 28.6 Å². The van der Waals surface area contributed by atoms with Crippen LogP contribution in [0.2, 0.25) is 0 Å². The van der Waals surface area contributed by atoms with Gasteiger partial charge in [-0.25, -0.2) is 15.0 Å². The molecule has 166 valence electrons. The fourth-order valence-electron chi connectivity index (χ4n) is 3.28. The number of ether oxygens (including phenoxy) is 2. The van der Waals surface area contributed by atoms with Gasteiger partial charge in [0.15, 0.2) is 0 Å². The number of nitrogens with zero attached hydrogens (tertiary/aromatic N) is 3. The van der Waals surface area contributed by atoms with E-state index in [1.165, 1.54) is 0 Å². The van der Waals surface area contributed by atoms with Gasteiger partial charge < -0.3 is 14.8 Å². The number of nitrogens with one attached hydrogen (secondary N) is 1. The molecule has 0 fully saturated rings. The number of rotatable bonds is 7. The predicted octanol–water partition coefficient (Wildman–Crippen LogP) is 5.46. The van der Waals surface area contributed by atoms with E-state index in [4.69, 9.17) is 9.47 Å². The third kappa shape index (κ3) is 4.98. The molecule has 0 radical (unpaired) electrons. The minimum atomic E-state index is -0.269. The van der Waals surface area contributed by atoms with E-state index in [1.807, 2.05) is 50.2 Å². The Bertz CT molecular complexity index is 1290. The summed E-state index contributed by atoms with van der Waals surface area (Å²) in [5, 5.41) is 2.89. The van der Waals surface area contributed by atoms with Crippen LogP contribution in [0.5, 0.6) is 17.4 Å². The second-order valence-corrected chi connectivity index (χ2v) is 7.30. The summed E-state index contributed by atoms with van der Waals surface area (Å²) < 4.78 is 11.5. The number of aryl methyl sites for hydroxylation is 2. The molecule has 1 N–H and O–H groups in total. The van der Waals surface area contributed by atoms with Crippen molar-refractivity contribution in [3.63, 3.8) is 0 Å². The van der Waals surface area contributed by atoms with E-state index in [1.54, 1.807) is 43.8 Å². The van der Waals surface area contributed by atoms with E-state index in [2.05, 4.69) is 20.3 Å². The van der Waals surface area contributed by atoms with Gasteiger partial charge in [-0.2, -0.15) is 0 Å². The summed E-state index contributed by atoms with van der Waals surface area (Å²) in [6, 6.07) is 18.1. The summed E-state index contributed by atoms with van der Waals surface area (Å²) in [6.07, 6.45) is 4.12. The summed E-state index contributed by atoms with van der Waals surface area (Å²) in [7, 11) is 1.56. The quantitative estimate of drug-likeness (QED) is 0.411. The van der Waals surface area contributed by atoms with E-state index in [0.717, 1.165) is 29.1 Å². The lowest BCUT2D eigenvalue weighted by atomic mass is 10.1. The van der Waals surface area contributed by atoms with Gasteiger partial charge in [0.05, 0.1) is 24.1 Å². The average molecular weight is 441 g/mol. The number of para-hydroxylation sites is 2. The molecular formula is C26H24N4O3. The Balaban J connectivity index is 1.63. The van der Waals surface area contributed by atoms with Crippen LogP contribution >= 0.6 is 0 Å². The second kappa shape index (κ2) is 9.91. The number of carbonyl (C=O) groups is 1. The third-order valence-corrected chi connectivity index (χ3v) is 5.08. The monoisotopic (exact) mass is 440 g/mol. The van der Waals surface area contributed by atoms with Crippen molar-refractivity contribution in [1.82, 2.24) is 15.0 Å². The minimum absolute atomic E-state index is 0.269. The summed E-state index contributed by atoms with van der Waals surface area (Å²) >= 11 is 0. The van der Waals surface area contributed by atoms with Gasteiger partial charge >= 0.3 is 0 Å². The molecule has 7 nitrogen and oxygen atoms in total. The molecule has 0 bridgehead atoms. The lowest BCUT2D eigenvalue weighted by Gasteiger charge is -2.14. The zero-order chi connectivity index (χ0) is 23.2. The van der Waals surface area contributed by atoms with Crippen LogP contribution in [0.3, 0.4) is 0 Å². The first-order chi connectivity index (χ1) is 16.1. The summed E-state index contributed by atoms with van der Waals surface area (Å²) in [4.78, 5) is 26.2. The smallest absolute Gasteiger partial charge is 0.255 e. The molecule has 1 amide bonds. The van der Waals surface area contributed by atoms with E-state index < -0.39 is 0 Å². The van der Waals surface area contributed by atoms with Crippen LogP contribution in [0.1, 0.15) is 28.7 Å². The normalized spacial score (nSPS) is 10.5. The van der Waals surface area contributed by atoms with Gasteiger partial charge in [-0.15, -0.1) is 0 Å². The third-order valence-electron chi connectivity index (χ3n) is 5.08. The van der Waals surface area contributed by atoms with E-state index in [9.17, 15) is 4.79 Å². The molecule has 0 aliphatic carbocycles. The van der Waals surface area contributed by atoms with E-state index >= 15 is 0 Å². The molecule has 4 aromatic rings. The molecule has 0 atom stereocenters. The largest absolute Gasteiger partial charge is 0.495 e. The Hall–Kier alpha value is -4.26. The number of anilines is 1. The highest BCUT2D eigenvalue weighted by Crippen LogP contribution is 2.32. The highest BCUT2D eigenvalue weighted by atomic mass is 16.5. The zero-order valence-electron chi connectivity index (χ0n) is 18.7. The lowest BCUT2D eigenvalue weighted by molar-refractivity contribution is 0.102. The van der Waals surface area contributed by atoms with Crippen molar-refractivity contribution in [3.05, 3.63) is 90.0 Å². The Morgan fingerprint density at radius 2 is 1.82 bits per heavy atom. The van der Waals surface area contributed by atoms with Crippen molar-refractivity contribution in [2.45, 2.75) is 20.3 Å². The van der Waals surface area contributed by atoms with E-state index in [0.29, 0.717) is 28.6 Å². The summed E-state index contributed by atoms with van der Waals surface area (Å²) in [5.74, 6) is 2.00. The first kappa shape index (κ1) is 22.0. The molecule has 2 aromatic carbocycles. The predicted molar refractivity (Wildman–Crippen MR) is 127 cm³/mol. The minimum Gasteiger partial charge on any atom is -0.495 e. The number of methoxy groups -OCH3 is 1. The van der Waals surface area contributed by atoms with Crippen LogP contribution in [-0.2, 0) is 6.42 Å². The lowest BCUT2D eigenvalue weighted by Crippen LogP contribution is -2.13. The summed E-state index contributed by atoms with van der Waals surface area (Å²) in [5.41, 5.74) is 3.40. The van der Waals surface area contributed by atoms with Gasteiger partial charge in [0.2, 0.25) is 5.88 Å². The van der Waals surface area contributed by atoms with Gasteiger partial charge in [0.1, 0.15) is 17.3 Å². The SMILES string of the molecule is CCc1nccc(-c2cccnc2Oc2cc(C(=O)Nc3ccccc3OC)ccc2C)n1.